The van der Waals surface area contributed by atoms with Crippen LogP contribution in [-0.2, 0) is 9.53 Å². The van der Waals surface area contributed by atoms with Crippen molar-refractivity contribution in [1.82, 2.24) is 20.0 Å². The number of hydrogen-bond acceptors (Lipinski definition) is 6. The van der Waals surface area contributed by atoms with E-state index in [1.165, 1.54) is 17.0 Å². The normalized spacial score (nSPS) is 20.3. The summed E-state index contributed by atoms with van der Waals surface area (Å²) in [6.07, 6.45) is 0. The summed E-state index contributed by atoms with van der Waals surface area (Å²) in [5.74, 6) is -0.411. The maximum atomic E-state index is 14.0. The summed E-state index contributed by atoms with van der Waals surface area (Å²) in [6.45, 7) is 5.71. The van der Waals surface area contributed by atoms with Crippen molar-refractivity contribution < 1.29 is 28.2 Å². The number of nitrogens with one attached hydrogen (secondary N) is 1. The Kier molecular flexibility index (Phi) is 8.31. The van der Waals surface area contributed by atoms with Crippen LogP contribution in [0.25, 0.3) is 0 Å². The van der Waals surface area contributed by atoms with Gasteiger partial charge in [-0.15, -0.1) is 0 Å². The zero-order chi connectivity index (χ0) is 27.4. The van der Waals surface area contributed by atoms with Crippen LogP contribution in [0.2, 0.25) is 0 Å². The number of likely N-dealkylation sites (N-methyl/N-ethyl adjacent to an activating group) is 1. The minimum absolute atomic E-state index is 0.0634. The third kappa shape index (κ3) is 5.65. The van der Waals surface area contributed by atoms with Crippen molar-refractivity contribution in [2.24, 2.45) is 0 Å². The Morgan fingerprint density at radius 1 is 1.13 bits per heavy atom. The first-order valence-electron chi connectivity index (χ1n) is 12.6. The second-order valence-electron chi connectivity index (χ2n) is 9.39. The quantitative estimate of drug-likeness (QED) is 0.560. The first-order valence-corrected chi connectivity index (χ1v) is 12.6. The van der Waals surface area contributed by atoms with Gasteiger partial charge in [0.25, 0.3) is 5.91 Å². The molecule has 0 radical (unpaired) electrons. The number of hydrogen-bond donors (Lipinski definition) is 1. The summed E-state index contributed by atoms with van der Waals surface area (Å²) in [7, 11) is 3.17. The van der Waals surface area contributed by atoms with Crippen molar-refractivity contribution >= 4 is 17.9 Å². The Hall–Kier alpha value is -3.92. The maximum Gasteiger partial charge on any atom is 0.338 e. The summed E-state index contributed by atoms with van der Waals surface area (Å²) in [4.78, 5) is 44.5. The van der Waals surface area contributed by atoms with Crippen LogP contribution >= 0.6 is 0 Å². The van der Waals surface area contributed by atoms with E-state index in [0.29, 0.717) is 48.8 Å². The third-order valence-electron chi connectivity index (χ3n) is 6.94. The molecule has 2 aliphatic rings. The first kappa shape index (κ1) is 27.1. The molecular formula is C28H33FN4O5. The van der Waals surface area contributed by atoms with Crippen LogP contribution in [0.3, 0.4) is 0 Å². The van der Waals surface area contributed by atoms with E-state index < -0.39 is 23.9 Å². The average Bonchev–Trinajstić information content (AvgIpc) is 2.91. The number of methoxy groups -OCH3 is 1. The molecule has 2 unspecified atom stereocenters. The van der Waals surface area contributed by atoms with Gasteiger partial charge < -0.3 is 19.7 Å². The van der Waals surface area contributed by atoms with Crippen LogP contribution in [0, 0.1) is 5.82 Å². The van der Waals surface area contributed by atoms with Gasteiger partial charge in [-0.1, -0.05) is 12.1 Å². The molecule has 2 aliphatic heterocycles. The second kappa shape index (κ2) is 11.6. The van der Waals surface area contributed by atoms with Gasteiger partial charge in [-0.2, -0.15) is 0 Å². The summed E-state index contributed by atoms with van der Waals surface area (Å²) in [5, 5.41) is 2.80. The molecule has 2 aromatic rings. The predicted molar refractivity (Wildman–Crippen MR) is 139 cm³/mol. The Balaban J connectivity index is 1.58. The Morgan fingerprint density at radius 3 is 2.50 bits per heavy atom. The lowest BCUT2D eigenvalue weighted by Crippen LogP contribution is -2.56. The molecule has 0 spiro atoms. The van der Waals surface area contributed by atoms with Gasteiger partial charge in [0, 0.05) is 50.5 Å². The van der Waals surface area contributed by atoms with Gasteiger partial charge in [0.05, 0.1) is 25.3 Å². The highest BCUT2D eigenvalue weighted by molar-refractivity contribution is 5.95. The molecule has 0 aliphatic carbocycles. The number of rotatable bonds is 7. The largest absolute Gasteiger partial charge is 0.497 e. The number of ether oxygens (including phenoxy) is 2. The molecule has 0 aromatic heterocycles. The molecule has 2 atom stereocenters. The molecular weight excluding hydrogens is 491 g/mol. The molecule has 1 saturated heterocycles. The van der Waals surface area contributed by atoms with E-state index in [-0.39, 0.29) is 24.1 Å². The fraction of sp³-hybridized carbons (Fsp3) is 0.393. The first-order chi connectivity index (χ1) is 18.2. The number of esters is 1. The summed E-state index contributed by atoms with van der Waals surface area (Å²) in [6, 6.07) is 11.5. The monoisotopic (exact) mass is 524 g/mol. The Labute approximate surface area is 221 Å². The van der Waals surface area contributed by atoms with E-state index in [0.717, 1.165) is 0 Å². The van der Waals surface area contributed by atoms with Gasteiger partial charge in [-0.3, -0.25) is 14.6 Å². The molecule has 2 aromatic carbocycles. The van der Waals surface area contributed by atoms with Crippen LogP contribution in [-0.4, -0.2) is 85.6 Å². The maximum absolute atomic E-state index is 14.0. The highest BCUT2D eigenvalue weighted by Gasteiger charge is 2.38. The molecule has 2 heterocycles. The SMILES string of the molecule is CCOC(=O)C1=C(CN2CCN(C(=O)c3ccc(OC)cc3)C(C)C2)N(C)C(=O)NC1c1cccc(F)c1. The third-order valence-corrected chi connectivity index (χ3v) is 6.94. The number of urea groups is 1. The van der Waals surface area contributed by atoms with Crippen molar-refractivity contribution in [2.45, 2.75) is 25.9 Å². The summed E-state index contributed by atoms with van der Waals surface area (Å²) in [5.41, 5.74) is 1.79. The molecule has 1 N–H and O–H groups in total. The summed E-state index contributed by atoms with van der Waals surface area (Å²) < 4.78 is 24.6. The number of benzene rings is 2. The van der Waals surface area contributed by atoms with Gasteiger partial charge in [-0.25, -0.2) is 14.0 Å². The number of amides is 3. The van der Waals surface area contributed by atoms with Crippen molar-refractivity contribution in [3.8, 4) is 5.75 Å². The molecule has 38 heavy (non-hydrogen) atoms. The van der Waals surface area contributed by atoms with E-state index in [9.17, 15) is 18.8 Å². The Morgan fingerprint density at radius 2 is 1.87 bits per heavy atom. The average molecular weight is 525 g/mol. The molecule has 10 heteroatoms. The molecule has 0 saturated carbocycles. The van der Waals surface area contributed by atoms with E-state index in [4.69, 9.17) is 9.47 Å². The topological polar surface area (TPSA) is 91.4 Å². The molecule has 4 rings (SSSR count). The Bertz CT molecular complexity index is 1230. The van der Waals surface area contributed by atoms with Crippen molar-refractivity contribution in [3.05, 3.63) is 76.7 Å². The van der Waals surface area contributed by atoms with Crippen molar-refractivity contribution in [1.29, 1.82) is 0 Å². The lowest BCUT2D eigenvalue weighted by atomic mass is 9.94. The van der Waals surface area contributed by atoms with Crippen LogP contribution in [0.1, 0.15) is 35.8 Å². The van der Waals surface area contributed by atoms with Gasteiger partial charge >= 0.3 is 12.0 Å². The lowest BCUT2D eigenvalue weighted by molar-refractivity contribution is -0.139. The predicted octanol–water partition coefficient (Wildman–Crippen LogP) is 3.19. The van der Waals surface area contributed by atoms with Crippen LogP contribution < -0.4 is 10.1 Å². The number of carbonyl (C=O) groups excluding carboxylic acids is 3. The molecule has 202 valence electrons. The van der Waals surface area contributed by atoms with E-state index in [2.05, 4.69) is 10.2 Å². The number of halogens is 1. The molecule has 0 bridgehead atoms. The summed E-state index contributed by atoms with van der Waals surface area (Å²) >= 11 is 0. The van der Waals surface area contributed by atoms with Gasteiger partial charge in [-0.05, 0) is 55.8 Å². The van der Waals surface area contributed by atoms with E-state index in [1.807, 2.05) is 11.8 Å². The fourth-order valence-corrected chi connectivity index (χ4v) is 4.92. The van der Waals surface area contributed by atoms with Crippen LogP contribution in [0.5, 0.6) is 5.75 Å². The molecule has 9 nitrogen and oxygen atoms in total. The van der Waals surface area contributed by atoms with Crippen molar-refractivity contribution in [2.75, 3.05) is 46.9 Å². The molecule has 3 amide bonds. The second-order valence-corrected chi connectivity index (χ2v) is 9.39. The fourth-order valence-electron chi connectivity index (χ4n) is 4.92. The standard InChI is InChI=1S/C28H33FN4O5/c1-5-38-27(35)24-23(31(3)28(36)30-25(24)20-7-6-8-21(29)15-20)17-32-13-14-33(18(2)16-32)26(34)19-9-11-22(37-4)12-10-19/h6-12,15,18,25H,5,13-14,16-17H2,1-4H3,(H,30,36). The number of piperazine rings is 1. The van der Waals surface area contributed by atoms with Gasteiger partial charge in [0.15, 0.2) is 0 Å². The highest BCUT2D eigenvalue weighted by atomic mass is 19.1. The van der Waals surface area contributed by atoms with E-state index in [1.54, 1.807) is 57.5 Å². The van der Waals surface area contributed by atoms with Crippen molar-refractivity contribution in [3.63, 3.8) is 0 Å². The van der Waals surface area contributed by atoms with Gasteiger partial charge in [0.2, 0.25) is 0 Å². The lowest BCUT2D eigenvalue weighted by Gasteiger charge is -2.42. The number of carbonyl (C=O) groups is 3. The minimum atomic E-state index is -0.848. The smallest absolute Gasteiger partial charge is 0.338 e. The van der Waals surface area contributed by atoms with Crippen LogP contribution in [0.15, 0.2) is 59.8 Å². The zero-order valence-electron chi connectivity index (χ0n) is 22.1. The zero-order valence-corrected chi connectivity index (χ0v) is 22.1. The minimum Gasteiger partial charge on any atom is -0.497 e. The van der Waals surface area contributed by atoms with Crippen LogP contribution in [0.4, 0.5) is 9.18 Å². The number of nitrogens with zero attached hydrogens (tertiary/aromatic N) is 3. The van der Waals surface area contributed by atoms with Gasteiger partial charge in [0.1, 0.15) is 11.6 Å². The highest BCUT2D eigenvalue weighted by Crippen LogP contribution is 2.32. The van der Waals surface area contributed by atoms with E-state index >= 15 is 0 Å². The molecule has 1 fully saturated rings.